The highest BCUT2D eigenvalue weighted by atomic mass is 79.9. The largest absolute Gasteiger partial charge is 0.271 e. The Hall–Kier alpha value is -0.430. The number of rotatable bonds is 7. The Bertz CT molecular complexity index is 517. The molecule has 0 radical (unpaired) electrons. The highest BCUT2D eigenvalue weighted by Crippen LogP contribution is 2.25. The Morgan fingerprint density at radius 2 is 2.11 bits per heavy atom. The molecular weight excluding hydrogens is 328 g/mol. The second kappa shape index (κ2) is 7.38. The number of aryl methyl sites for hydroxylation is 1. The maximum Gasteiger partial charge on any atom is 0.150 e. The Morgan fingerprint density at radius 3 is 2.68 bits per heavy atom. The third-order valence-electron chi connectivity index (χ3n) is 3.21. The van der Waals surface area contributed by atoms with Crippen molar-refractivity contribution in [3.8, 4) is 0 Å². The van der Waals surface area contributed by atoms with Crippen molar-refractivity contribution in [3.05, 3.63) is 33.8 Å². The molecule has 1 aromatic carbocycles. The first-order valence-corrected chi connectivity index (χ1v) is 8.93. The van der Waals surface area contributed by atoms with Crippen LogP contribution in [0.15, 0.2) is 22.7 Å². The molecule has 1 unspecified atom stereocenters. The van der Waals surface area contributed by atoms with E-state index in [0.29, 0.717) is 12.8 Å². The van der Waals surface area contributed by atoms with Gasteiger partial charge in [0, 0.05) is 16.3 Å². The first-order valence-electron chi connectivity index (χ1n) is 6.32. The molecule has 0 aromatic heterocycles. The number of benzene rings is 1. The van der Waals surface area contributed by atoms with Crippen LogP contribution in [-0.4, -0.2) is 19.9 Å². The zero-order chi connectivity index (χ0) is 14.5. The molecule has 0 fully saturated rings. The number of nitrogens with two attached hydrogens (primary N) is 1. The van der Waals surface area contributed by atoms with E-state index in [1.165, 1.54) is 0 Å². The summed E-state index contributed by atoms with van der Waals surface area (Å²) in [5.41, 5.74) is 5.02. The van der Waals surface area contributed by atoms with E-state index in [2.05, 4.69) is 21.4 Å². The normalized spacial score (nSPS) is 13.5. The van der Waals surface area contributed by atoms with Gasteiger partial charge in [-0.2, -0.15) is 0 Å². The second-order valence-corrected chi connectivity index (χ2v) is 7.99. The van der Waals surface area contributed by atoms with Gasteiger partial charge in [-0.05, 0) is 43.0 Å². The Morgan fingerprint density at radius 1 is 1.42 bits per heavy atom. The van der Waals surface area contributed by atoms with E-state index < -0.39 is 9.84 Å². The van der Waals surface area contributed by atoms with Crippen molar-refractivity contribution in [2.75, 3.05) is 11.5 Å². The minimum atomic E-state index is -2.90. The zero-order valence-corrected chi connectivity index (χ0v) is 13.7. The van der Waals surface area contributed by atoms with Crippen LogP contribution >= 0.6 is 15.9 Å². The molecule has 0 bridgehead atoms. The van der Waals surface area contributed by atoms with Crippen molar-refractivity contribution in [1.29, 1.82) is 0 Å². The summed E-state index contributed by atoms with van der Waals surface area (Å²) in [6, 6.07) is 6.00. The molecule has 0 saturated heterocycles. The summed E-state index contributed by atoms with van der Waals surface area (Å²) in [6.45, 7) is 3.70. The van der Waals surface area contributed by atoms with Crippen LogP contribution in [-0.2, 0) is 9.84 Å². The Kier molecular flexibility index (Phi) is 6.46. The lowest BCUT2D eigenvalue weighted by molar-refractivity contribution is 0.505. The predicted octanol–water partition coefficient (Wildman–Crippen LogP) is 2.48. The van der Waals surface area contributed by atoms with Crippen LogP contribution in [0.4, 0.5) is 0 Å². The smallest absolute Gasteiger partial charge is 0.150 e. The molecule has 1 aromatic rings. The summed E-state index contributed by atoms with van der Waals surface area (Å²) in [7, 11) is -2.90. The SMILES string of the molecule is CCS(=O)(=O)CCCC(NN)c1cc(Br)ccc1C. The molecule has 19 heavy (non-hydrogen) atoms. The van der Waals surface area contributed by atoms with Gasteiger partial charge >= 0.3 is 0 Å². The monoisotopic (exact) mass is 348 g/mol. The van der Waals surface area contributed by atoms with E-state index >= 15 is 0 Å². The number of hydrogen-bond donors (Lipinski definition) is 2. The fraction of sp³-hybridized carbons (Fsp3) is 0.538. The molecule has 0 aliphatic heterocycles. The summed E-state index contributed by atoms with van der Waals surface area (Å²) in [6.07, 6.45) is 1.31. The van der Waals surface area contributed by atoms with Crippen LogP contribution in [0, 0.1) is 6.92 Å². The number of halogens is 1. The highest BCUT2D eigenvalue weighted by molar-refractivity contribution is 9.10. The molecule has 1 rings (SSSR count). The Labute approximate surface area is 123 Å². The molecule has 4 nitrogen and oxygen atoms in total. The number of hydrazine groups is 1. The molecule has 0 aliphatic rings. The van der Waals surface area contributed by atoms with Gasteiger partial charge in [-0.25, -0.2) is 8.42 Å². The first-order chi connectivity index (χ1) is 8.89. The van der Waals surface area contributed by atoms with Crippen LogP contribution in [0.5, 0.6) is 0 Å². The van der Waals surface area contributed by atoms with Gasteiger partial charge in [-0.15, -0.1) is 0 Å². The van der Waals surface area contributed by atoms with Gasteiger partial charge in [-0.3, -0.25) is 11.3 Å². The summed E-state index contributed by atoms with van der Waals surface area (Å²) >= 11 is 3.44. The van der Waals surface area contributed by atoms with E-state index in [9.17, 15) is 8.42 Å². The molecule has 6 heteroatoms. The van der Waals surface area contributed by atoms with Gasteiger partial charge in [0.2, 0.25) is 0 Å². The van der Waals surface area contributed by atoms with Crippen molar-refractivity contribution >= 4 is 25.8 Å². The van der Waals surface area contributed by atoms with E-state index in [0.717, 1.165) is 15.6 Å². The summed E-state index contributed by atoms with van der Waals surface area (Å²) < 4.78 is 23.9. The summed E-state index contributed by atoms with van der Waals surface area (Å²) in [4.78, 5) is 0. The van der Waals surface area contributed by atoms with Crippen molar-refractivity contribution < 1.29 is 8.42 Å². The second-order valence-electron chi connectivity index (χ2n) is 4.60. The van der Waals surface area contributed by atoms with Crippen molar-refractivity contribution in [3.63, 3.8) is 0 Å². The third-order valence-corrected chi connectivity index (χ3v) is 5.49. The summed E-state index contributed by atoms with van der Waals surface area (Å²) in [5, 5.41) is 0. The highest BCUT2D eigenvalue weighted by Gasteiger charge is 2.14. The molecule has 108 valence electrons. The number of sulfone groups is 1. The van der Waals surface area contributed by atoms with Gasteiger partial charge < -0.3 is 0 Å². The van der Waals surface area contributed by atoms with E-state index in [1.54, 1.807) is 6.92 Å². The minimum absolute atomic E-state index is 0.0236. The van der Waals surface area contributed by atoms with Crippen LogP contribution in [0.1, 0.15) is 36.9 Å². The third kappa shape index (κ3) is 5.22. The van der Waals surface area contributed by atoms with Gasteiger partial charge in [0.15, 0.2) is 0 Å². The molecule has 0 spiro atoms. The standard InChI is InChI=1S/C13H21BrN2O2S/c1-3-19(17,18)8-4-5-13(16-15)12-9-11(14)7-6-10(12)2/h6-7,9,13,16H,3-5,8,15H2,1-2H3. The lowest BCUT2D eigenvalue weighted by Gasteiger charge is -2.18. The molecular formula is C13H21BrN2O2S. The van der Waals surface area contributed by atoms with Crippen LogP contribution in [0.25, 0.3) is 0 Å². The average molecular weight is 349 g/mol. The lowest BCUT2D eigenvalue weighted by atomic mass is 9.98. The topological polar surface area (TPSA) is 72.2 Å². The van der Waals surface area contributed by atoms with Crippen LogP contribution in [0.2, 0.25) is 0 Å². The van der Waals surface area contributed by atoms with E-state index in [4.69, 9.17) is 5.84 Å². The lowest BCUT2D eigenvalue weighted by Crippen LogP contribution is -2.29. The average Bonchev–Trinajstić information content (AvgIpc) is 2.38. The quantitative estimate of drug-likeness (QED) is 0.586. The minimum Gasteiger partial charge on any atom is -0.271 e. The fourth-order valence-electron chi connectivity index (χ4n) is 1.97. The van der Waals surface area contributed by atoms with Crippen LogP contribution in [0.3, 0.4) is 0 Å². The van der Waals surface area contributed by atoms with Gasteiger partial charge in [-0.1, -0.05) is 28.9 Å². The number of hydrogen-bond acceptors (Lipinski definition) is 4. The van der Waals surface area contributed by atoms with E-state index in [1.807, 2.05) is 25.1 Å². The maximum absolute atomic E-state index is 11.5. The number of nitrogens with one attached hydrogen (secondary N) is 1. The van der Waals surface area contributed by atoms with Gasteiger partial charge in [0.1, 0.15) is 9.84 Å². The molecule has 0 saturated carbocycles. The van der Waals surface area contributed by atoms with Crippen LogP contribution < -0.4 is 11.3 Å². The van der Waals surface area contributed by atoms with Crippen molar-refractivity contribution in [2.24, 2.45) is 5.84 Å². The molecule has 0 aliphatic carbocycles. The molecule has 1 atom stereocenters. The fourth-order valence-corrected chi connectivity index (χ4v) is 3.24. The maximum atomic E-state index is 11.5. The molecule has 3 N–H and O–H groups in total. The van der Waals surface area contributed by atoms with Crippen molar-refractivity contribution in [2.45, 2.75) is 32.7 Å². The Balaban J connectivity index is 2.71. The van der Waals surface area contributed by atoms with E-state index in [-0.39, 0.29) is 17.5 Å². The molecule has 0 heterocycles. The van der Waals surface area contributed by atoms with Crippen molar-refractivity contribution in [1.82, 2.24) is 5.43 Å². The first kappa shape index (κ1) is 16.6. The predicted molar refractivity (Wildman–Crippen MR) is 82.5 cm³/mol. The molecule has 0 amide bonds. The summed E-state index contributed by atoms with van der Waals surface area (Å²) in [5.74, 6) is 6.01. The van der Waals surface area contributed by atoms with Gasteiger partial charge in [0.05, 0.1) is 5.75 Å². The van der Waals surface area contributed by atoms with Gasteiger partial charge in [0.25, 0.3) is 0 Å². The zero-order valence-electron chi connectivity index (χ0n) is 11.3.